The Morgan fingerprint density at radius 3 is 2.48 bits per heavy atom. The fourth-order valence-electron chi connectivity index (χ4n) is 2.40. The van der Waals surface area contributed by atoms with Gasteiger partial charge in [-0.15, -0.1) is 0 Å². The molecule has 0 bridgehead atoms. The number of nitrogens with one attached hydrogen (secondary N) is 1. The minimum absolute atomic E-state index is 0.0127. The monoisotopic (exact) mass is 289 g/mol. The van der Waals surface area contributed by atoms with E-state index in [2.05, 4.69) is 5.32 Å². The summed E-state index contributed by atoms with van der Waals surface area (Å²) in [6.45, 7) is 1.86. The second kappa shape index (κ2) is 7.20. The zero-order valence-corrected chi connectivity index (χ0v) is 12.0. The number of aliphatic hydroxyl groups excluding tert-OH is 1. The Kier molecular flexibility index (Phi) is 5.31. The summed E-state index contributed by atoms with van der Waals surface area (Å²) in [5.74, 6) is -0.544. The standard InChI is InChI=1S/C17H20FNO2/c1-12(16-8-7-14(18)10-17(16)21)19-15(11-20)9-13-5-3-2-4-6-13/h2-8,10,12,15,19-21H,9,11H2,1H3/t12?,15-/m0/s1. The average molecular weight is 289 g/mol. The number of benzene rings is 2. The Hall–Kier alpha value is -1.91. The van der Waals surface area contributed by atoms with Crippen LogP contribution in [0.4, 0.5) is 4.39 Å². The van der Waals surface area contributed by atoms with Crippen molar-refractivity contribution in [3.05, 3.63) is 65.5 Å². The van der Waals surface area contributed by atoms with Gasteiger partial charge >= 0.3 is 0 Å². The van der Waals surface area contributed by atoms with Crippen LogP contribution in [0.25, 0.3) is 0 Å². The van der Waals surface area contributed by atoms with Crippen molar-refractivity contribution in [1.82, 2.24) is 5.32 Å². The molecule has 2 atom stereocenters. The van der Waals surface area contributed by atoms with Crippen LogP contribution < -0.4 is 5.32 Å². The first-order valence-corrected chi connectivity index (χ1v) is 6.99. The third kappa shape index (κ3) is 4.28. The normalized spacial score (nSPS) is 13.9. The van der Waals surface area contributed by atoms with E-state index in [0.29, 0.717) is 12.0 Å². The molecule has 0 radical (unpaired) electrons. The molecule has 1 unspecified atom stereocenters. The molecule has 21 heavy (non-hydrogen) atoms. The maximum absolute atomic E-state index is 13.0. The number of hydrogen-bond acceptors (Lipinski definition) is 3. The molecule has 0 amide bonds. The molecule has 0 aliphatic carbocycles. The number of rotatable bonds is 6. The summed E-state index contributed by atoms with van der Waals surface area (Å²) in [5.41, 5.74) is 1.74. The number of halogens is 1. The highest BCUT2D eigenvalue weighted by atomic mass is 19.1. The molecule has 2 aromatic rings. The average Bonchev–Trinajstić information content (AvgIpc) is 2.47. The highest BCUT2D eigenvalue weighted by molar-refractivity contribution is 5.35. The second-order valence-corrected chi connectivity index (χ2v) is 5.16. The van der Waals surface area contributed by atoms with E-state index in [0.717, 1.165) is 11.6 Å². The van der Waals surface area contributed by atoms with Gasteiger partial charge in [-0.05, 0) is 25.0 Å². The van der Waals surface area contributed by atoms with Crippen molar-refractivity contribution in [2.24, 2.45) is 0 Å². The number of phenols is 1. The summed E-state index contributed by atoms with van der Waals surface area (Å²) in [7, 11) is 0. The van der Waals surface area contributed by atoms with Gasteiger partial charge in [-0.1, -0.05) is 36.4 Å². The Labute approximate surface area is 124 Å². The lowest BCUT2D eigenvalue weighted by atomic mass is 10.0. The molecule has 0 fully saturated rings. The third-order valence-electron chi connectivity index (χ3n) is 3.49. The van der Waals surface area contributed by atoms with Gasteiger partial charge < -0.3 is 15.5 Å². The van der Waals surface area contributed by atoms with Crippen LogP contribution in [-0.2, 0) is 6.42 Å². The molecule has 112 valence electrons. The Morgan fingerprint density at radius 2 is 1.86 bits per heavy atom. The van der Waals surface area contributed by atoms with Crippen LogP contribution in [0.5, 0.6) is 5.75 Å². The lowest BCUT2D eigenvalue weighted by Gasteiger charge is -2.22. The molecule has 0 saturated carbocycles. The molecule has 0 saturated heterocycles. The lowest BCUT2D eigenvalue weighted by Crippen LogP contribution is -2.36. The van der Waals surface area contributed by atoms with Gasteiger partial charge in [0.15, 0.2) is 0 Å². The number of aliphatic hydroxyl groups is 1. The molecule has 3 nitrogen and oxygen atoms in total. The summed E-state index contributed by atoms with van der Waals surface area (Å²) in [6.07, 6.45) is 0.684. The summed E-state index contributed by atoms with van der Waals surface area (Å²) in [5, 5.41) is 22.6. The number of aromatic hydroxyl groups is 1. The quantitative estimate of drug-likeness (QED) is 0.766. The van der Waals surface area contributed by atoms with E-state index < -0.39 is 5.82 Å². The highest BCUT2D eigenvalue weighted by Gasteiger charge is 2.16. The summed E-state index contributed by atoms with van der Waals surface area (Å²) < 4.78 is 13.0. The maximum atomic E-state index is 13.0. The van der Waals surface area contributed by atoms with Gasteiger partial charge in [0.25, 0.3) is 0 Å². The molecule has 3 N–H and O–H groups in total. The van der Waals surface area contributed by atoms with Gasteiger partial charge in [-0.2, -0.15) is 0 Å². The van der Waals surface area contributed by atoms with E-state index >= 15 is 0 Å². The van der Waals surface area contributed by atoms with Gasteiger partial charge in [0.05, 0.1) is 6.61 Å². The molecule has 2 rings (SSSR count). The van der Waals surface area contributed by atoms with Crippen molar-refractivity contribution in [2.45, 2.75) is 25.4 Å². The zero-order valence-electron chi connectivity index (χ0n) is 12.0. The molecule has 0 spiro atoms. The molecular weight excluding hydrogens is 269 g/mol. The Morgan fingerprint density at radius 1 is 1.14 bits per heavy atom. The van der Waals surface area contributed by atoms with E-state index in [-0.39, 0.29) is 24.4 Å². The molecule has 2 aromatic carbocycles. The first-order chi connectivity index (χ1) is 10.1. The van der Waals surface area contributed by atoms with Gasteiger partial charge in [0.2, 0.25) is 0 Å². The predicted molar refractivity (Wildman–Crippen MR) is 80.6 cm³/mol. The van der Waals surface area contributed by atoms with Crippen LogP contribution in [-0.4, -0.2) is 22.9 Å². The molecule has 4 heteroatoms. The third-order valence-corrected chi connectivity index (χ3v) is 3.49. The largest absolute Gasteiger partial charge is 0.508 e. The first kappa shape index (κ1) is 15.5. The van der Waals surface area contributed by atoms with Crippen molar-refractivity contribution in [3.63, 3.8) is 0 Å². The summed E-state index contributed by atoms with van der Waals surface area (Å²) in [4.78, 5) is 0. The van der Waals surface area contributed by atoms with E-state index in [1.54, 1.807) is 6.07 Å². The molecule has 0 aliphatic rings. The highest BCUT2D eigenvalue weighted by Crippen LogP contribution is 2.25. The van der Waals surface area contributed by atoms with Crippen LogP contribution >= 0.6 is 0 Å². The topological polar surface area (TPSA) is 52.5 Å². The molecular formula is C17H20FNO2. The predicted octanol–water partition coefficient (Wildman–Crippen LogP) is 2.79. The summed E-state index contributed by atoms with van der Waals surface area (Å²) >= 11 is 0. The van der Waals surface area contributed by atoms with Crippen LogP contribution in [0.15, 0.2) is 48.5 Å². The van der Waals surface area contributed by atoms with Gasteiger partial charge in [0.1, 0.15) is 11.6 Å². The van der Waals surface area contributed by atoms with Crippen LogP contribution in [0.1, 0.15) is 24.1 Å². The molecule has 0 aliphatic heterocycles. The second-order valence-electron chi connectivity index (χ2n) is 5.16. The van der Waals surface area contributed by atoms with Gasteiger partial charge in [-0.25, -0.2) is 4.39 Å². The fourth-order valence-corrected chi connectivity index (χ4v) is 2.40. The molecule has 0 aromatic heterocycles. The fraction of sp³-hybridized carbons (Fsp3) is 0.294. The number of phenolic OH excluding ortho intramolecular Hbond substituents is 1. The first-order valence-electron chi connectivity index (χ1n) is 6.99. The van der Waals surface area contributed by atoms with Crippen LogP contribution in [0.3, 0.4) is 0 Å². The van der Waals surface area contributed by atoms with Crippen molar-refractivity contribution in [2.75, 3.05) is 6.61 Å². The van der Waals surface area contributed by atoms with E-state index in [4.69, 9.17) is 0 Å². The van der Waals surface area contributed by atoms with Gasteiger partial charge in [0, 0.05) is 23.7 Å². The minimum atomic E-state index is -0.466. The van der Waals surface area contributed by atoms with Crippen molar-refractivity contribution in [1.29, 1.82) is 0 Å². The lowest BCUT2D eigenvalue weighted by molar-refractivity contribution is 0.232. The van der Waals surface area contributed by atoms with Crippen molar-refractivity contribution >= 4 is 0 Å². The smallest absolute Gasteiger partial charge is 0.126 e. The van der Waals surface area contributed by atoms with Crippen LogP contribution in [0, 0.1) is 5.82 Å². The van der Waals surface area contributed by atoms with Crippen molar-refractivity contribution in [3.8, 4) is 5.75 Å². The van der Waals surface area contributed by atoms with E-state index in [9.17, 15) is 14.6 Å². The van der Waals surface area contributed by atoms with Crippen molar-refractivity contribution < 1.29 is 14.6 Å². The minimum Gasteiger partial charge on any atom is -0.508 e. The zero-order chi connectivity index (χ0) is 15.2. The Bertz CT molecular complexity index is 574. The van der Waals surface area contributed by atoms with Gasteiger partial charge in [-0.3, -0.25) is 0 Å². The van der Waals surface area contributed by atoms with Crippen LogP contribution in [0.2, 0.25) is 0 Å². The molecule has 0 heterocycles. The van der Waals surface area contributed by atoms with E-state index in [1.165, 1.54) is 6.07 Å². The Balaban J connectivity index is 2.04. The number of hydrogen-bond donors (Lipinski definition) is 3. The summed E-state index contributed by atoms with van der Waals surface area (Å²) in [6, 6.07) is 13.5. The van der Waals surface area contributed by atoms with E-state index in [1.807, 2.05) is 37.3 Å². The maximum Gasteiger partial charge on any atom is 0.126 e. The SMILES string of the molecule is CC(N[C@H](CO)Cc1ccccc1)c1ccc(F)cc1O.